The van der Waals surface area contributed by atoms with Crippen molar-refractivity contribution >= 4 is 17.3 Å². The summed E-state index contributed by atoms with van der Waals surface area (Å²) < 4.78 is 0. The lowest BCUT2D eigenvalue weighted by atomic mass is 10.1. The molecule has 18 heavy (non-hydrogen) atoms. The van der Waals surface area contributed by atoms with E-state index in [2.05, 4.69) is 0 Å². The van der Waals surface area contributed by atoms with Crippen LogP contribution >= 0.6 is 0 Å². The average Bonchev–Trinajstić information content (AvgIpc) is 2.70. The molecule has 1 aliphatic rings. The van der Waals surface area contributed by atoms with Crippen molar-refractivity contribution in [3.8, 4) is 0 Å². The Morgan fingerprint density at radius 2 is 2.28 bits per heavy atom. The minimum Gasteiger partial charge on any atom is -0.396 e. The Hall–Kier alpha value is -1.95. The number of rotatable bonds is 3. The molecule has 0 radical (unpaired) electrons. The highest BCUT2D eigenvalue weighted by molar-refractivity contribution is 5.97. The van der Waals surface area contributed by atoms with Gasteiger partial charge in [-0.2, -0.15) is 0 Å². The van der Waals surface area contributed by atoms with Crippen LogP contribution in [0.3, 0.4) is 0 Å². The van der Waals surface area contributed by atoms with Gasteiger partial charge in [-0.1, -0.05) is 6.07 Å². The number of nitro groups is 1. The first-order valence-electron chi connectivity index (χ1n) is 5.69. The van der Waals surface area contributed by atoms with Gasteiger partial charge in [0.05, 0.1) is 4.92 Å². The topological polar surface area (TPSA) is 83.7 Å². The van der Waals surface area contributed by atoms with E-state index in [4.69, 9.17) is 5.11 Å². The van der Waals surface area contributed by atoms with Crippen LogP contribution in [0.4, 0.5) is 11.4 Å². The molecule has 6 nitrogen and oxygen atoms in total. The Balaban J connectivity index is 2.39. The zero-order valence-corrected chi connectivity index (χ0v) is 10.00. The Morgan fingerprint density at radius 3 is 2.83 bits per heavy atom. The van der Waals surface area contributed by atoms with Crippen molar-refractivity contribution in [2.45, 2.75) is 13.3 Å². The fourth-order valence-electron chi connectivity index (χ4n) is 2.14. The zero-order chi connectivity index (χ0) is 13.3. The van der Waals surface area contributed by atoms with Gasteiger partial charge >= 0.3 is 0 Å². The van der Waals surface area contributed by atoms with Gasteiger partial charge in [0.1, 0.15) is 5.69 Å². The summed E-state index contributed by atoms with van der Waals surface area (Å²) in [7, 11) is 0. The van der Waals surface area contributed by atoms with E-state index in [1.165, 1.54) is 11.0 Å². The van der Waals surface area contributed by atoms with E-state index in [9.17, 15) is 14.9 Å². The molecule has 1 aromatic carbocycles. The highest BCUT2D eigenvalue weighted by Gasteiger charge is 2.33. The summed E-state index contributed by atoms with van der Waals surface area (Å²) in [5.74, 6) is -0.320. The van der Waals surface area contributed by atoms with Crippen LogP contribution in [0.1, 0.15) is 12.0 Å². The van der Waals surface area contributed by atoms with Gasteiger partial charge in [0.25, 0.3) is 5.69 Å². The number of aliphatic hydroxyl groups is 1. The van der Waals surface area contributed by atoms with E-state index in [-0.39, 0.29) is 30.5 Å². The van der Waals surface area contributed by atoms with Gasteiger partial charge in [-0.3, -0.25) is 14.9 Å². The number of hydrogen-bond acceptors (Lipinski definition) is 4. The molecule has 1 amide bonds. The fraction of sp³-hybridized carbons (Fsp3) is 0.417. The standard InChI is InChI=1S/C12H14N2O4/c1-8-2-3-10(11(4-8)14(17)18)13-6-9(7-15)5-12(13)16/h2-4,9,15H,5-7H2,1H3. The summed E-state index contributed by atoms with van der Waals surface area (Å²) in [5.41, 5.74) is 1.02. The van der Waals surface area contributed by atoms with E-state index in [0.29, 0.717) is 12.2 Å². The van der Waals surface area contributed by atoms with Gasteiger partial charge in [0, 0.05) is 31.6 Å². The van der Waals surface area contributed by atoms with Crippen LogP contribution in [-0.2, 0) is 4.79 Å². The Morgan fingerprint density at radius 1 is 1.56 bits per heavy atom. The van der Waals surface area contributed by atoms with Crippen molar-refractivity contribution in [1.29, 1.82) is 0 Å². The van der Waals surface area contributed by atoms with Crippen molar-refractivity contribution in [3.05, 3.63) is 33.9 Å². The van der Waals surface area contributed by atoms with Crippen LogP contribution in [0.5, 0.6) is 0 Å². The summed E-state index contributed by atoms with van der Waals surface area (Å²) in [6.07, 6.45) is 0.238. The molecule has 0 bridgehead atoms. The van der Waals surface area contributed by atoms with Crippen LogP contribution in [-0.4, -0.2) is 29.1 Å². The normalized spacial score (nSPS) is 19.3. The maximum atomic E-state index is 11.8. The number of carbonyl (C=O) groups excluding carboxylic acids is 1. The Labute approximate surface area is 104 Å². The molecule has 0 aromatic heterocycles. The maximum Gasteiger partial charge on any atom is 0.293 e. The molecule has 1 N–H and O–H groups in total. The largest absolute Gasteiger partial charge is 0.396 e. The first kappa shape index (κ1) is 12.5. The minimum atomic E-state index is -0.484. The number of benzene rings is 1. The molecule has 1 saturated heterocycles. The van der Waals surface area contributed by atoms with Crippen molar-refractivity contribution in [1.82, 2.24) is 0 Å². The first-order chi connectivity index (χ1) is 8.52. The number of carbonyl (C=O) groups is 1. The van der Waals surface area contributed by atoms with Crippen LogP contribution in [0.2, 0.25) is 0 Å². The fourth-order valence-corrected chi connectivity index (χ4v) is 2.14. The molecule has 0 aliphatic carbocycles. The summed E-state index contributed by atoms with van der Waals surface area (Å²) in [5, 5.41) is 20.1. The molecule has 1 aliphatic heterocycles. The van der Waals surface area contributed by atoms with Gasteiger partial charge in [-0.15, -0.1) is 0 Å². The molecule has 1 atom stereocenters. The quantitative estimate of drug-likeness (QED) is 0.646. The van der Waals surface area contributed by atoms with Crippen LogP contribution < -0.4 is 4.90 Å². The number of aliphatic hydroxyl groups excluding tert-OH is 1. The lowest BCUT2D eigenvalue weighted by Gasteiger charge is -2.16. The molecule has 1 fully saturated rings. The highest BCUT2D eigenvalue weighted by atomic mass is 16.6. The predicted octanol–water partition coefficient (Wildman–Crippen LogP) is 1.25. The number of hydrogen-bond donors (Lipinski definition) is 1. The van der Waals surface area contributed by atoms with Gasteiger partial charge in [0.2, 0.25) is 5.91 Å². The van der Waals surface area contributed by atoms with Crippen molar-refractivity contribution < 1.29 is 14.8 Å². The molecule has 1 heterocycles. The highest BCUT2D eigenvalue weighted by Crippen LogP contribution is 2.33. The van der Waals surface area contributed by atoms with E-state index in [1.807, 2.05) is 0 Å². The second kappa shape index (κ2) is 4.73. The van der Waals surface area contributed by atoms with Gasteiger partial charge in [0.15, 0.2) is 0 Å². The van der Waals surface area contributed by atoms with Crippen LogP contribution in [0, 0.1) is 23.0 Å². The van der Waals surface area contributed by atoms with Gasteiger partial charge in [-0.05, 0) is 18.6 Å². The molecular weight excluding hydrogens is 236 g/mol. The van der Waals surface area contributed by atoms with E-state index in [0.717, 1.165) is 5.56 Å². The summed E-state index contributed by atoms with van der Waals surface area (Å²) in [6, 6.07) is 4.78. The van der Waals surface area contributed by atoms with E-state index in [1.54, 1.807) is 19.1 Å². The molecule has 0 spiro atoms. The first-order valence-corrected chi connectivity index (χ1v) is 5.69. The third-order valence-electron chi connectivity index (χ3n) is 3.08. The predicted molar refractivity (Wildman–Crippen MR) is 65.4 cm³/mol. The lowest BCUT2D eigenvalue weighted by molar-refractivity contribution is -0.384. The molecule has 1 unspecified atom stereocenters. The Kier molecular flexibility index (Phi) is 3.29. The number of nitro benzene ring substituents is 1. The van der Waals surface area contributed by atoms with Crippen LogP contribution in [0.25, 0.3) is 0 Å². The molecular formula is C12H14N2O4. The number of anilines is 1. The molecule has 0 saturated carbocycles. The summed E-state index contributed by atoms with van der Waals surface area (Å²) in [4.78, 5) is 23.7. The van der Waals surface area contributed by atoms with E-state index >= 15 is 0 Å². The van der Waals surface area contributed by atoms with Gasteiger partial charge in [-0.25, -0.2) is 0 Å². The monoisotopic (exact) mass is 250 g/mol. The summed E-state index contributed by atoms with van der Waals surface area (Å²) in [6.45, 7) is 2.01. The lowest BCUT2D eigenvalue weighted by Crippen LogP contribution is -2.25. The third-order valence-corrected chi connectivity index (χ3v) is 3.08. The molecule has 96 valence electrons. The second-order valence-electron chi connectivity index (χ2n) is 4.51. The summed E-state index contributed by atoms with van der Waals surface area (Å²) >= 11 is 0. The number of nitrogens with zero attached hydrogens (tertiary/aromatic N) is 2. The van der Waals surface area contributed by atoms with Crippen LogP contribution in [0.15, 0.2) is 18.2 Å². The maximum absolute atomic E-state index is 11.8. The molecule has 6 heteroatoms. The SMILES string of the molecule is Cc1ccc(N2CC(CO)CC2=O)c([N+](=O)[O-])c1. The average molecular weight is 250 g/mol. The Bertz CT molecular complexity index is 501. The number of amides is 1. The molecule has 2 rings (SSSR count). The molecule has 1 aromatic rings. The third kappa shape index (κ3) is 2.19. The number of aryl methyl sites for hydroxylation is 1. The van der Waals surface area contributed by atoms with Gasteiger partial charge < -0.3 is 10.0 Å². The van der Waals surface area contributed by atoms with Crippen molar-refractivity contribution in [2.24, 2.45) is 5.92 Å². The second-order valence-corrected chi connectivity index (χ2v) is 4.51. The minimum absolute atomic E-state index is 0.0676. The smallest absolute Gasteiger partial charge is 0.293 e. The zero-order valence-electron chi connectivity index (χ0n) is 10.00. The van der Waals surface area contributed by atoms with E-state index < -0.39 is 4.92 Å². The van der Waals surface area contributed by atoms with Crippen molar-refractivity contribution in [2.75, 3.05) is 18.1 Å². The van der Waals surface area contributed by atoms with Crippen molar-refractivity contribution in [3.63, 3.8) is 0 Å².